The smallest absolute Gasteiger partial charge is 0.341 e. The first-order valence-corrected chi connectivity index (χ1v) is 8.26. The number of ether oxygens (including phenoxy) is 1. The molecule has 0 aliphatic rings. The lowest BCUT2D eigenvalue weighted by molar-refractivity contribution is 0.234. The van der Waals surface area contributed by atoms with E-state index >= 15 is 0 Å². The van der Waals surface area contributed by atoms with Gasteiger partial charge in [0.05, 0.1) is 22.1 Å². The Morgan fingerprint density at radius 2 is 1.80 bits per heavy atom. The lowest BCUT2D eigenvalue weighted by Crippen LogP contribution is -2.13. The van der Waals surface area contributed by atoms with Crippen LogP contribution in [0.4, 0.5) is 13.2 Å². The van der Waals surface area contributed by atoms with Crippen LogP contribution in [0.25, 0.3) is 0 Å². The number of sulfone groups is 1. The summed E-state index contributed by atoms with van der Waals surface area (Å²) in [4.78, 5) is -0.945. The van der Waals surface area contributed by atoms with E-state index in [4.69, 9.17) is 26.9 Å². The summed E-state index contributed by atoms with van der Waals surface area (Å²) in [5.74, 6) is -4.92. The van der Waals surface area contributed by atoms with Crippen LogP contribution in [0.5, 0.6) is 11.5 Å². The highest BCUT2D eigenvalue weighted by Gasteiger charge is 2.31. The molecular weight excluding hydrogens is 381 g/mol. The highest BCUT2D eigenvalue weighted by Crippen LogP contribution is 2.37. The normalized spacial score (nSPS) is 11.0. The highest BCUT2D eigenvalue weighted by atomic mass is 35.5. The molecule has 2 rings (SSSR count). The lowest BCUT2D eigenvalue weighted by atomic mass is 10.2. The molecule has 25 heavy (non-hydrogen) atoms. The van der Waals surface area contributed by atoms with Crippen molar-refractivity contribution in [2.75, 3.05) is 0 Å². The van der Waals surface area contributed by atoms with Gasteiger partial charge in [0.2, 0.25) is 9.84 Å². The molecule has 0 atom stereocenters. The second-order valence-electron chi connectivity index (χ2n) is 4.56. The van der Waals surface area contributed by atoms with Crippen molar-refractivity contribution in [2.24, 2.45) is 0 Å². The molecule has 0 aliphatic carbocycles. The Labute approximate surface area is 145 Å². The van der Waals surface area contributed by atoms with E-state index < -0.39 is 36.9 Å². The molecule has 0 aromatic heterocycles. The van der Waals surface area contributed by atoms with Crippen molar-refractivity contribution in [3.05, 3.63) is 52.3 Å². The summed E-state index contributed by atoms with van der Waals surface area (Å²) in [6.45, 7) is 0. The number of rotatable bonds is 4. The first-order valence-electron chi connectivity index (χ1n) is 6.34. The van der Waals surface area contributed by atoms with E-state index in [0.29, 0.717) is 0 Å². The van der Waals surface area contributed by atoms with Gasteiger partial charge in [0.1, 0.15) is 28.4 Å². The summed E-state index contributed by atoms with van der Waals surface area (Å²) in [5, 5.41) is 17.3. The third-order valence-corrected chi connectivity index (χ3v) is 4.75. The van der Waals surface area contributed by atoms with Gasteiger partial charge in [0.15, 0.2) is 0 Å². The molecule has 0 heterocycles. The fourth-order valence-electron chi connectivity index (χ4n) is 1.87. The molecule has 2 aromatic carbocycles. The lowest BCUT2D eigenvalue weighted by Gasteiger charge is -2.12. The van der Waals surface area contributed by atoms with Gasteiger partial charge in [-0.3, -0.25) is 0 Å². The van der Waals surface area contributed by atoms with E-state index in [1.54, 1.807) is 6.07 Å². The number of benzene rings is 2. The van der Waals surface area contributed by atoms with Crippen molar-refractivity contribution in [1.29, 1.82) is 10.5 Å². The molecule has 0 spiro atoms. The van der Waals surface area contributed by atoms with Crippen LogP contribution in [0.2, 0.25) is 5.02 Å². The Kier molecular flexibility index (Phi) is 5.21. The van der Waals surface area contributed by atoms with Crippen LogP contribution < -0.4 is 4.74 Å². The summed E-state index contributed by atoms with van der Waals surface area (Å²) < 4.78 is 67.1. The second-order valence-corrected chi connectivity index (χ2v) is 6.82. The minimum Gasteiger partial charge on any atom is -0.456 e. The largest absolute Gasteiger partial charge is 0.456 e. The number of nitriles is 2. The van der Waals surface area contributed by atoms with E-state index in [2.05, 4.69) is 0 Å². The van der Waals surface area contributed by atoms with Crippen molar-refractivity contribution in [3.63, 3.8) is 0 Å². The van der Waals surface area contributed by atoms with Crippen molar-refractivity contribution >= 4 is 21.4 Å². The Bertz CT molecular complexity index is 1030. The average Bonchev–Trinajstić information content (AvgIpc) is 2.55. The minimum absolute atomic E-state index is 0.0523. The summed E-state index contributed by atoms with van der Waals surface area (Å²) in [5.41, 5.74) is -0.778. The Morgan fingerprint density at radius 3 is 2.36 bits per heavy atom. The van der Waals surface area contributed by atoms with Crippen LogP contribution in [-0.4, -0.2) is 14.2 Å². The van der Waals surface area contributed by atoms with Gasteiger partial charge in [0.25, 0.3) is 0 Å². The Balaban J connectivity index is 2.55. The van der Waals surface area contributed by atoms with Gasteiger partial charge in [-0.15, -0.1) is 0 Å². The van der Waals surface area contributed by atoms with E-state index in [1.165, 1.54) is 12.1 Å². The van der Waals surface area contributed by atoms with E-state index in [9.17, 15) is 21.6 Å². The molecule has 0 fully saturated rings. The fourth-order valence-corrected chi connectivity index (χ4v) is 3.05. The molecule has 128 valence electrons. The van der Waals surface area contributed by atoms with Crippen LogP contribution in [0.15, 0.2) is 35.2 Å². The molecule has 0 radical (unpaired) electrons. The minimum atomic E-state index is -5.05. The average molecular weight is 387 g/mol. The fraction of sp³-hybridized carbons (Fsp3) is 0.0667. The summed E-state index contributed by atoms with van der Waals surface area (Å²) in [6, 6.07) is 7.89. The molecule has 0 amide bonds. The van der Waals surface area contributed by atoms with Crippen LogP contribution >= 0.6 is 11.6 Å². The maximum Gasteiger partial charge on any atom is 0.341 e. The molecule has 5 nitrogen and oxygen atoms in total. The highest BCUT2D eigenvalue weighted by molar-refractivity contribution is 7.91. The number of alkyl halides is 2. The van der Waals surface area contributed by atoms with Crippen molar-refractivity contribution < 1.29 is 26.3 Å². The predicted octanol–water partition coefficient (Wildman–Crippen LogP) is 4.01. The van der Waals surface area contributed by atoms with Crippen LogP contribution in [-0.2, 0) is 9.84 Å². The molecule has 0 aliphatic heterocycles. The SMILES string of the molecule is N#Cc1cc(F)cc(Oc2ccc(S(=O)(=O)C(F)F)c(C#N)c2Cl)c1. The predicted molar refractivity (Wildman–Crippen MR) is 80.5 cm³/mol. The van der Waals surface area contributed by atoms with Crippen LogP contribution in [0.1, 0.15) is 11.1 Å². The number of nitrogens with zero attached hydrogens (tertiary/aromatic N) is 2. The summed E-state index contributed by atoms with van der Waals surface area (Å²) in [7, 11) is -5.05. The van der Waals surface area contributed by atoms with Gasteiger partial charge >= 0.3 is 5.76 Å². The molecule has 0 unspecified atom stereocenters. The monoisotopic (exact) mass is 386 g/mol. The second kappa shape index (κ2) is 7.01. The first-order chi connectivity index (χ1) is 11.7. The number of hydrogen-bond donors (Lipinski definition) is 0. The first kappa shape index (κ1) is 18.6. The van der Waals surface area contributed by atoms with E-state index in [-0.39, 0.29) is 17.1 Å². The standard InChI is InChI=1S/C15H6ClF3N2O3S/c16-14-11(7-21)13(25(22,23)15(18)19)2-1-12(14)24-10-4-8(6-20)3-9(17)5-10/h1-5,15H. The molecule has 0 N–H and O–H groups in total. The number of halogens is 4. The van der Waals surface area contributed by atoms with Crippen LogP contribution in [0, 0.1) is 28.5 Å². The molecule has 0 saturated carbocycles. The summed E-state index contributed by atoms with van der Waals surface area (Å²) >= 11 is 5.87. The summed E-state index contributed by atoms with van der Waals surface area (Å²) in [6.07, 6.45) is 0. The van der Waals surface area contributed by atoms with Gasteiger partial charge in [0, 0.05) is 6.07 Å². The van der Waals surface area contributed by atoms with Gasteiger partial charge in [-0.1, -0.05) is 11.6 Å². The van der Waals surface area contributed by atoms with Gasteiger partial charge in [-0.25, -0.2) is 12.8 Å². The molecule has 0 bridgehead atoms. The maximum absolute atomic E-state index is 13.4. The Hall–Kier alpha value is -2.75. The van der Waals surface area contributed by atoms with Gasteiger partial charge in [-0.05, 0) is 24.3 Å². The van der Waals surface area contributed by atoms with Crippen LogP contribution in [0.3, 0.4) is 0 Å². The topological polar surface area (TPSA) is 90.9 Å². The zero-order valence-corrected chi connectivity index (χ0v) is 13.6. The van der Waals surface area contributed by atoms with Gasteiger partial charge in [-0.2, -0.15) is 19.3 Å². The maximum atomic E-state index is 13.4. The van der Waals surface area contributed by atoms with Crippen molar-refractivity contribution in [2.45, 2.75) is 10.7 Å². The number of hydrogen-bond acceptors (Lipinski definition) is 5. The Morgan fingerprint density at radius 1 is 1.12 bits per heavy atom. The molecular formula is C15H6ClF3N2O3S. The zero-order chi connectivity index (χ0) is 18.8. The van der Waals surface area contributed by atoms with Crippen molar-refractivity contribution in [1.82, 2.24) is 0 Å². The molecule has 10 heteroatoms. The molecule has 2 aromatic rings. The quantitative estimate of drug-likeness (QED) is 0.791. The van der Waals surface area contributed by atoms with Crippen molar-refractivity contribution in [3.8, 4) is 23.6 Å². The van der Waals surface area contributed by atoms with Gasteiger partial charge < -0.3 is 4.74 Å². The van der Waals surface area contributed by atoms with E-state index in [1.807, 2.05) is 0 Å². The third-order valence-electron chi connectivity index (χ3n) is 2.95. The zero-order valence-electron chi connectivity index (χ0n) is 12.0. The molecule has 0 saturated heterocycles. The van der Waals surface area contributed by atoms with E-state index in [0.717, 1.165) is 24.3 Å². The third kappa shape index (κ3) is 3.68.